The van der Waals surface area contributed by atoms with Crippen LogP contribution in [0.25, 0.3) is 0 Å². The van der Waals surface area contributed by atoms with E-state index in [1.165, 1.54) is 0 Å². The van der Waals surface area contributed by atoms with Crippen LogP contribution in [0.2, 0.25) is 0 Å². The Bertz CT molecular complexity index is 84.6. The Hall–Kier alpha value is -0.0700. The molecule has 9 heavy (non-hydrogen) atoms. The number of hydrogen-bond donors (Lipinski definition) is 0. The maximum Gasteiger partial charge on any atom is 0.265 e. The summed E-state index contributed by atoms with van der Waals surface area (Å²) in [6.45, 7) is 0.453. The zero-order chi connectivity index (χ0) is 7.65. The van der Waals surface area contributed by atoms with Crippen LogP contribution in [-0.2, 0) is 0 Å². The van der Waals surface area contributed by atoms with Gasteiger partial charge in [0.25, 0.3) is 5.12 Å². The molecule has 0 saturated heterocycles. The molecule has 7 heteroatoms. The van der Waals surface area contributed by atoms with E-state index >= 15 is 0 Å². The quantitative estimate of drug-likeness (QED) is 0.204. The number of alkyl halides is 1. The second kappa shape index (κ2) is 2.68. The molecule has 0 N–H and O–H groups in total. The normalized spacial score (nSPS) is 13.3. The first kappa shape index (κ1) is 8.93. The monoisotopic (exact) mass is 166 g/mol. The second-order valence-electron chi connectivity index (χ2n) is 1.37. The summed E-state index contributed by atoms with van der Waals surface area (Å²) in [5, 5.41) is -6.62. The van der Waals surface area contributed by atoms with Crippen LogP contribution < -0.4 is 0 Å². The minimum absolute atomic E-state index is 0.453. The first-order chi connectivity index (χ1) is 3.89. The van der Waals surface area contributed by atoms with E-state index in [2.05, 4.69) is 11.6 Å². The Morgan fingerprint density at radius 3 is 1.33 bits per heavy atom. The van der Waals surface area contributed by atoms with Crippen molar-refractivity contribution >= 4 is 11.6 Å². The van der Waals surface area contributed by atoms with Gasteiger partial charge in [-0.2, -0.15) is 0 Å². The molecule has 0 aromatic carbocycles. The lowest BCUT2D eigenvalue weighted by Crippen LogP contribution is -2.39. The van der Waals surface area contributed by atoms with Gasteiger partial charge in [-0.15, -0.1) is 0 Å². The molecule has 0 aromatic rings. The van der Waals surface area contributed by atoms with Crippen LogP contribution in [0.5, 0.6) is 0 Å². The molecular formula is C2H3ClF4N2. The third-order valence-electron chi connectivity index (χ3n) is 0.617. The molecule has 0 rings (SSSR count). The summed E-state index contributed by atoms with van der Waals surface area (Å²) < 4.78 is 45.0. The van der Waals surface area contributed by atoms with Gasteiger partial charge in [-0.05, 0) is 6.92 Å². The number of halogens is 5. The van der Waals surface area contributed by atoms with Crippen molar-refractivity contribution in [3.63, 3.8) is 0 Å². The molecule has 0 saturated carbocycles. The maximum atomic E-state index is 11.2. The van der Waals surface area contributed by atoms with Gasteiger partial charge in [0.15, 0.2) is 0 Å². The lowest BCUT2D eigenvalue weighted by molar-refractivity contribution is -0.332. The standard InChI is InChI=1S/C2H3ClF4N2/c1-2(3,8(4)5)9(6)7/h1H3. The molecule has 0 aliphatic carbocycles. The summed E-state index contributed by atoms with van der Waals surface area (Å²) in [5.74, 6) is 0. The molecule has 0 unspecified atom stereocenters. The molecular weight excluding hydrogens is 163 g/mol. The van der Waals surface area contributed by atoms with Crippen LogP contribution in [0.4, 0.5) is 17.9 Å². The van der Waals surface area contributed by atoms with Crippen LogP contribution in [0.3, 0.4) is 0 Å². The van der Waals surface area contributed by atoms with E-state index in [4.69, 9.17) is 0 Å². The fourth-order valence-electron chi connectivity index (χ4n) is 0.0571. The van der Waals surface area contributed by atoms with Crippen molar-refractivity contribution in [2.45, 2.75) is 12.0 Å². The Labute approximate surface area is 53.3 Å². The van der Waals surface area contributed by atoms with Gasteiger partial charge in [-0.3, -0.25) is 0 Å². The first-order valence-corrected chi connectivity index (χ1v) is 2.19. The zero-order valence-electron chi connectivity index (χ0n) is 4.28. The van der Waals surface area contributed by atoms with Gasteiger partial charge in [0.2, 0.25) is 0 Å². The minimum Gasteiger partial charge on any atom is -0.0980 e. The lowest BCUT2D eigenvalue weighted by atomic mass is 10.6. The zero-order valence-corrected chi connectivity index (χ0v) is 5.04. The number of rotatable bonds is 2. The van der Waals surface area contributed by atoms with Crippen LogP contribution >= 0.6 is 11.6 Å². The van der Waals surface area contributed by atoms with Crippen molar-refractivity contribution in [1.29, 1.82) is 0 Å². The Morgan fingerprint density at radius 1 is 1.11 bits per heavy atom. The Balaban J connectivity index is 4.01. The van der Waals surface area contributed by atoms with E-state index in [-0.39, 0.29) is 0 Å². The highest BCUT2D eigenvalue weighted by Gasteiger charge is 2.40. The van der Waals surface area contributed by atoms with Crippen molar-refractivity contribution in [3.8, 4) is 0 Å². The van der Waals surface area contributed by atoms with Gasteiger partial charge in [-0.25, -0.2) is 0 Å². The van der Waals surface area contributed by atoms with Gasteiger partial charge >= 0.3 is 0 Å². The third-order valence-corrected chi connectivity index (χ3v) is 0.873. The molecule has 0 heterocycles. The smallest absolute Gasteiger partial charge is 0.0980 e. The van der Waals surface area contributed by atoms with Crippen LogP contribution in [-0.4, -0.2) is 15.8 Å². The highest BCUT2D eigenvalue weighted by atomic mass is 35.5. The van der Waals surface area contributed by atoms with Gasteiger partial charge in [0.05, 0.1) is 10.7 Å². The van der Waals surface area contributed by atoms with Crippen LogP contribution in [0, 0.1) is 0 Å². The van der Waals surface area contributed by atoms with Crippen molar-refractivity contribution in [3.05, 3.63) is 0 Å². The second-order valence-corrected chi connectivity index (χ2v) is 2.09. The molecule has 0 aliphatic rings. The largest absolute Gasteiger partial charge is 0.265 e. The average molecular weight is 167 g/mol. The highest BCUT2D eigenvalue weighted by Crippen LogP contribution is 2.26. The minimum atomic E-state index is -3.03. The van der Waals surface area contributed by atoms with Crippen molar-refractivity contribution in [1.82, 2.24) is 10.7 Å². The number of hydrogen-bond acceptors (Lipinski definition) is 2. The van der Waals surface area contributed by atoms with Gasteiger partial charge < -0.3 is 0 Å². The van der Waals surface area contributed by atoms with E-state index in [0.29, 0.717) is 6.92 Å². The SMILES string of the molecule is CC(Cl)(N(F)F)N(F)F. The Kier molecular flexibility index (Phi) is 2.66. The molecule has 0 aliphatic heterocycles. The lowest BCUT2D eigenvalue weighted by Gasteiger charge is -2.19. The highest BCUT2D eigenvalue weighted by molar-refractivity contribution is 6.22. The molecule has 0 fully saturated rings. The van der Waals surface area contributed by atoms with Crippen molar-refractivity contribution < 1.29 is 17.9 Å². The van der Waals surface area contributed by atoms with E-state index in [1.54, 1.807) is 0 Å². The first-order valence-electron chi connectivity index (χ1n) is 1.81. The fraction of sp³-hybridized carbons (Fsp3) is 1.00. The molecule has 0 atom stereocenters. The molecule has 0 amide bonds. The topological polar surface area (TPSA) is 6.48 Å². The van der Waals surface area contributed by atoms with E-state index in [1.807, 2.05) is 0 Å². The predicted molar refractivity (Wildman–Crippen MR) is 22.4 cm³/mol. The molecule has 56 valence electrons. The van der Waals surface area contributed by atoms with Crippen LogP contribution in [0.15, 0.2) is 0 Å². The molecule has 0 radical (unpaired) electrons. The van der Waals surface area contributed by atoms with Gasteiger partial charge in [0.1, 0.15) is 0 Å². The summed E-state index contributed by atoms with van der Waals surface area (Å²) in [4.78, 5) is 0. The summed E-state index contributed by atoms with van der Waals surface area (Å²) in [6.07, 6.45) is 0. The number of nitrogens with zero attached hydrogens (tertiary/aromatic N) is 2. The summed E-state index contributed by atoms with van der Waals surface area (Å²) in [6, 6.07) is 0. The van der Waals surface area contributed by atoms with E-state index < -0.39 is 15.8 Å². The van der Waals surface area contributed by atoms with Crippen molar-refractivity contribution in [2.24, 2.45) is 0 Å². The molecule has 2 nitrogen and oxygen atoms in total. The molecule has 0 spiro atoms. The molecule has 0 bridgehead atoms. The summed E-state index contributed by atoms with van der Waals surface area (Å²) in [7, 11) is 0. The van der Waals surface area contributed by atoms with Gasteiger partial charge in [-0.1, -0.05) is 29.5 Å². The van der Waals surface area contributed by atoms with Crippen LogP contribution in [0.1, 0.15) is 6.92 Å². The van der Waals surface area contributed by atoms with Crippen molar-refractivity contribution in [2.75, 3.05) is 0 Å². The maximum absolute atomic E-state index is 11.2. The third kappa shape index (κ3) is 1.96. The van der Waals surface area contributed by atoms with E-state index in [9.17, 15) is 17.9 Å². The average Bonchev–Trinajstić information content (AvgIpc) is 1.65. The predicted octanol–water partition coefficient (Wildman–Crippen LogP) is 2.04. The Morgan fingerprint density at radius 2 is 1.33 bits per heavy atom. The summed E-state index contributed by atoms with van der Waals surface area (Å²) in [5.41, 5.74) is 0. The molecule has 0 aromatic heterocycles. The van der Waals surface area contributed by atoms with E-state index in [0.717, 1.165) is 0 Å². The summed E-state index contributed by atoms with van der Waals surface area (Å²) >= 11 is 4.56. The fourth-order valence-corrected chi connectivity index (χ4v) is 0.0571. The van der Waals surface area contributed by atoms with Gasteiger partial charge in [0, 0.05) is 0 Å².